The standard InChI is InChI=1S/C24H27Cl3N4O.ClH/c1-16-22(24(32)29-30-13-5-3-2-4-6-14-30)28-31(21-12-11-19(26)15-20(21)27)23(16)17-7-9-18(25)10-8-17;/h7-12,15-16,23H,2-6,13-14H2,1H3,(H,29,32);1H/t16-,23+;/m0./s1. The van der Waals surface area contributed by atoms with E-state index in [1.807, 2.05) is 47.3 Å². The predicted molar refractivity (Wildman–Crippen MR) is 140 cm³/mol. The van der Waals surface area contributed by atoms with Crippen LogP contribution in [0.2, 0.25) is 15.1 Å². The van der Waals surface area contributed by atoms with Crippen LogP contribution < -0.4 is 10.4 Å². The summed E-state index contributed by atoms with van der Waals surface area (Å²) >= 11 is 18.8. The van der Waals surface area contributed by atoms with Gasteiger partial charge in [-0.05, 0) is 48.7 Å². The summed E-state index contributed by atoms with van der Waals surface area (Å²) in [5, 5.41) is 10.3. The number of halogens is 4. The van der Waals surface area contributed by atoms with E-state index in [2.05, 4.69) is 5.43 Å². The maximum atomic E-state index is 13.3. The fourth-order valence-electron chi connectivity index (χ4n) is 4.40. The van der Waals surface area contributed by atoms with E-state index in [4.69, 9.17) is 39.9 Å². The number of rotatable bonds is 4. The molecule has 2 aromatic rings. The highest BCUT2D eigenvalue weighted by Crippen LogP contribution is 2.42. The minimum Gasteiger partial charge on any atom is -0.284 e. The van der Waals surface area contributed by atoms with Crippen molar-refractivity contribution in [3.8, 4) is 0 Å². The normalized spacial score (nSPS) is 21.6. The zero-order valence-electron chi connectivity index (χ0n) is 18.4. The maximum absolute atomic E-state index is 13.3. The Morgan fingerprint density at radius 3 is 2.18 bits per heavy atom. The van der Waals surface area contributed by atoms with Crippen molar-refractivity contribution in [2.75, 3.05) is 18.1 Å². The molecule has 2 aliphatic heterocycles. The molecule has 2 atom stereocenters. The number of anilines is 1. The molecule has 2 heterocycles. The van der Waals surface area contributed by atoms with Gasteiger partial charge in [0.25, 0.3) is 5.91 Å². The summed E-state index contributed by atoms with van der Waals surface area (Å²) in [5.74, 6) is -0.317. The minimum absolute atomic E-state index is 0. The lowest BCUT2D eigenvalue weighted by molar-refractivity contribution is -0.119. The van der Waals surface area contributed by atoms with Gasteiger partial charge in [0.1, 0.15) is 5.71 Å². The molecular formula is C24H28Cl4N4O. The summed E-state index contributed by atoms with van der Waals surface area (Å²) in [4.78, 5) is 13.3. The number of nitrogens with zero attached hydrogens (tertiary/aromatic N) is 3. The van der Waals surface area contributed by atoms with Crippen LogP contribution in [0.3, 0.4) is 0 Å². The second kappa shape index (κ2) is 11.8. The van der Waals surface area contributed by atoms with Gasteiger partial charge in [-0.15, -0.1) is 12.4 Å². The zero-order valence-corrected chi connectivity index (χ0v) is 21.5. The van der Waals surface area contributed by atoms with Crippen LogP contribution in [0.25, 0.3) is 0 Å². The molecule has 9 heteroatoms. The number of hydrazone groups is 1. The Morgan fingerprint density at radius 1 is 0.939 bits per heavy atom. The minimum atomic E-state index is -0.195. The number of hydrogen-bond donors (Lipinski definition) is 1. The molecule has 0 bridgehead atoms. The van der Waals surface area contributed by atoms with Crippen LogP contribution in [-0.4, -0.2) is 29.7 Å². The van der Waals surface area contributed by atoms with E-state index in [0.717, 1.165) is 31.5 Å². The first-order chi connectivity index (χ1) is 15.4. The molecule has 1 fully saturated rings. The van der Waals surface area contributed by atoms with Gasteiger partial charge < -0.3 is 0 Å². The smallest absolute Gasteiger partial charge is 0.282 e. The van der Waals surface area contributed by atoms with Gasteiger partial charge in [-0.1, -0.05) is 73.1 Å². The van der Waals surface area contributed by atoms with Gasteiger partial charge in [-0.2, -0.15) is 5.10 Å². The van der Waals surface area contributed by atoms with Crippen molar-refractivity contribution >= 4 is 64.5 Å². The maximum Gasteiger partial charge on any atom is 0.282 e. The van der Waals surface area contributed by atoms with Crippen molar-refractivity contribution in [2.45, 2.75) is 45.1 Å². The molecule has 1 amide bonds. The number of carbonyl (C=O) groups excluding carboxylic acids is 1. The van der Waals surface area contributed by atoms with E-state index in [0.29, 0.717) is 26.5 Å². The van der Waals surface area contributed by atoms with Gasteiger partial charge in [0.15, 0.2) is 0 Å². The third-order valence-electron chi connectivity index (χ3n) is 6.10. The van der Waals surface area contributed by atoms with Gasteiger partial charge >= 0.3 is 0 Å². The Kier molecular flexibility index (Phi) is 9.31. The summed E-state index contributed by atoms with van der Waals surface area (Å²) in [6.07, 6.45) is 5.84. The first kappa shape index (κ1) is 26.1. The zero-order chi connectivity index (χ0) is 22.7. The van der Waals surface area contributed by atoms with Crippen LogP contribution in [0.4, 0.5) is 5.69 Å². The lowest BCUT2D eigenvalue weighted by Crippen LogP contribution is -2.47. The fourth-order valence-corrected chi connectivity index (χ4v) is 5.02. The highest BCUT2D eigenvalue weighted by atomic mass is 35.5. The Bertz CT molecular complexity index is 990. The number of hydrazine groups is 1. The van der Waals surface area contributed by atoms with Crippen molar-refractivity contribution in [3.05, 3.63) is 63.1 Å². The largest absolute Gasteiger partial charge is 0.284 e. The van der Waals surface area contributed by atoms with E-state index >= 15 is 0 Å². The molecule has 0 unspecified atom stereocenters. The first-order valence-electron chi connectivity index (χ1n) is 11.1. The molecule has 0 saturated carbocycles. The van der Waals surface area contributed by atoms with Crippen LogP contribution in [0.15, 0.2) is 47.6 Å². The molecule has 0 aromatic heterocycles. The SMILES string of the molecule is C[C@H]1C(C(=O)NN2CCCCCCC2)=NN(c2ccc(Cl)cc2Cl)[C@H]1c1ccc(Cl)cc1.Cl. The van der Waals surface area contributed by atoms with E-state index in [-0.39, 0.29) is 30.3 Å². The summed E-state index contributed by atoms with van der Waals surface area (Å²) in [7, 11) is 0. The molecule has 5 nitrogen and oxygen atoms in total. The Labute approximate surface area is 216 Å². The molecule has 0 radical (unpaired) electrons. The van der Waals surface area contributed by atoms with E-state index < -0.39 is 0 Å². The average Bonchev–Trinajstić information content (AvgIpc) is 3.07. The number of benzene rings is 2. The van der Waals surface area contributed by atoms with Gasteiger partial charge in [-0.25, -0.2) is 5.01 Å². The lowest BCUT2D eigenvalue weighted by Gasteiger charge is -2.28. The van der Waals surface area contributed by atoms with Gasteiger partial charge in [-0.3, -0.25) is 15.2 Å². The molecule has 2 aromatic carbocycles. The lowest BCUT2D eigenvalue weighted by atomic mass is 9.91. The van der Waals surface area contributed by atoms with E-state index in [1.54, 1.807) is 12.1 Å². The Morgan fingerprint density at radius 2 is 1.55 bits per heavy atom. The topological polar surface area (TPSA) is 47.9 Å². The monoisotopic (exact) mass is 528 g/mol. The molecular weight excluding hydrogens is 502 g/mol. The third-order valence-corrected chi connectivity index (χ3v) is 6.89. The highest BCUT2D eigenvalue weighted by Gasteiger charge is 2.40. The number of amides is 1. The van der Waals surface area contributed by atoms with Crippen molar-refractivity contribution in [1.82, 2.24) is 10.4 Å². The van der Waals surface area contributed by atoms with Gasteiger partial charge in [0.05, 0.1) is 16.8 Å². The van der Waals surface area contributed by atoms with Crippen molar-refractivity contribution in [2.24, 2.45) is 11.0 Å². The third kappa shape index (κ3) is 6.14. The predicted octanol–water partition coefficient (Wildman–Crippen LogP) is 6.92. The quantitative estimate of drug-likeness (QED) is 0.467. The number of hydrogen-bond acceptors (Lipinski definition) is 4. The summed E-state index contributed by atoms with van der Waals surface area (Å²) in [6, 6.07) is 12.7. The van der Waals surface area contributed by atoms with Crippen LogP contribution in [0.5, 0.6) is 0 Å². The van der Waals surface area contributed by atoms with Gasteiger partial charge in [0.2, 0.25) is 0 Å². The van der Waals surface area contributed by atoms with Gasteiger partial charge in [0, 0.05) is 29.1 Å². The fraction of sp³-hybridized carbons (Fsp3) is 0.417. The average molecular weight is 530 g/mol. The van der Waals surface area contributed by atoms with Crippen molar-refractivity contribution in [1.29, 1.82) is 0 Å². The highest BCUT2D eigenvalue weighted by molar-refractivity contribution is 6.41. The second-order valence-electron chi connectivity index (χ2n) is 8.41. The van der Waals surface area contributed by atoms with Crippen LogP contribution in [0, 0.1) is 5.92 Å². The van der Waals surface area contributed by atoms with Crippen molar-refractivity contribution < 1.29 is 4.79 Å². The summed E-state index contributed by atoms with van der Waals surface area (Å²) < 4.78 is 0. The molecule has 0 spiro atoms. The molecule has 0 aliphatic carbocycles. The van der Waals surface area contributed by atoms with Crippen LogP contribution >= 0.6 is 47.2 Å². The van der Waals surface area contributed by atoms with Crippen LogP contribution in [-0.2, 0) is 4.79 Å². The summed E-state index contributed by atoms with van der Waals surface area (Å²) in [6.45, 7) is 3.75. The second-order valence-corrected chi connectivity index (χ2v) is 9.69. The van der Waals surface area contributed by atoms with E-state index in [9.17, 15) is 4.79 Å². The Balaban J connectivity index is 0.00000306. The Hall–Kier alpha value is -1.50. The van der Waals surface area contributed by atoms with E-state index in [1.165, 1.54) is 19.3 Å². The number of nitrogens with one attached hydrogen (secondary N) is 1. The molecule has 2 aliphatic rings. The summed E-state index contributed by atoms with van der Waals surface area (Å²) in [5.41, 5.74) is 5.29. The molecule has 4 rings (SSSR count). The molecule has 1 saturated heterocycles. The van der Waals surface area contributed by atoms with Crippen LogP contribution in [0.1, 0.15) is 50.6 Å². The first-order valence-corrected chi connectivity index (χ1v) is 12.2. The van der Waals surface area contributed by atoms with Crippen molar-refractivity contribution in [3.63, 3.8) is 0 Å². The molecule has 178 valence electrons. The molecule has 1 N–H and O–H groups in total. The molecule has 33 heavy (non-hydrogen) atoms. The number of carbonyl (C=O) groups is 1.